The molecule has 0 unspecified atom stereocenters. The van der Waals surface area contributed by atoms with Crippen molar-refractivity contribution in [3.63, 3.8) is 0 Å². The Morgan fingerprint density at radius 2 is 1.59 bits per heavy atom. The summed E-state index contributed by atoms with van der Waals surface area (Å²) in [5.74, 6) is -2.61. The number of nitrogens with one attached hydrogen (secondary N) is 2. The van der Waals surface area contributed by atoms with Crippen molar-refractivity contribution in [2.75, 3.05) is 5.32 Å². The van der Waals surface area contributed by atoms with E-state index in [0.717, 1.165) is 11.3 Å². The number of anilines is 1. The minimum absolute atomic E-state index is 0.0704. The van der Waals surface area contributed by atoms with Gasteiger partial charge in [-0.2, -0.15) is 5.10 Å². The Kier molecular flexibility index (Phi) is 5.41. The minimum atomic E-state index is -1.00. The molecule has 0 bridgehead atoms. The Balaban J connectivity index is 1.62. The molecule has 3 aromatic rings. The van der Waals surface area contributed by atoms with E-state index in [2.05, 4.69) is 15.8 Å². The molecular weight excluding hydrogens is 347 g/mol. The zero-order chi connectivity index (χ0) is 19.2. The van der Waals surface area contributed by atoms with E-state index in [0.29, 0.717) is 5.71 Å². The standard InChI is InChI=1S/C20H17FN4O2/c1-14(15-8-10-16(11-9-15)25-12-4-5-13-25)23-24-20(27)19(26)22-18-7-3-2-6-17(18)21/h2-13H,1H3,(H,22,26)(H,24,27)/b23-14+. The quantitative estimate of drug-likeness (QED) is 0.424. The van der Waals surface area contributed by atoms with Gasteiger partial charge in [0.15, 0.2) is 0 Å². The molecule has 0 spiro atoms. The predicted octanol–water partition coefficient (Wildman–Crippen LogP) is 3.10. The second-order valence-electron chi connectivity index (χ2n) is 5.71. The van der Waals surface area contributed by atoms with Gasteiger partial charge < -0.3 is 9.88 Å². The second-order valence-corrected chi connectivity index (χ2v) is 5.71. The van der Waals surface area contributed by atoms with Crippen LogP contribution < -0.4 is 10.7 Å². The highest BCUT2D eigenvalue weighted by molar-refractivity contribution is 6.39. The van der Waals surface area contributed by atoms with Crippen molar-refractivity contribution in [2.24, 2.45) is 5.10 Å². The molecule has 0 aliphatic rings. The number of benzene rings is 2. The maximum absolute atomic E-state index is 13.5. The number of aromatic nitrogens is 1. The highest BCUT2D eigenvalue weighted by atomic mass is 19.1. The summed E-state index contributed by atoms with van der Waals surface area (Å²) in [7, 11) is 0. The van der Waals surface area contributed by atoms with Crippen LogP contribution in [0.1, 0.15) is 12.5 Å². The van der Waals surface area contributed by atoms with E-state index >= 15 is 0 Å². The summed E-state index contributed by atoms with van der Waals surface area (Å²) in [6.07, 6.45) is 3.87. The summed E-state index contributed by atoms with van der Waals surface area (Å²) in [5, 5.41) is 6.13. The van der Waals surface area contributed by atoms with Crippen LogP contribution in [0.15, 0.2) is 78.2 Å². The SMILES string of the molecule is C/C(=N\NC(=O)C(=O)Nc1ccccc1F)c1ccc(-n2cccc2)cc1. The number of para-hydroxylation sites is 1. The van der Waals surface area contributed by atoms with E-state index in [1.54, 1.807) is 13.0 Å². The average molecular weight is 364 g/mol. The highest BCUT2D eigenvalue weighted by Crippen LogP contribution is 2.12. The van der Waals surface area contributed by atoms with Gasteiger partial charge in [-0.05, 0) is 48.9 Å². The number of halogens is 1. The van der Waals surface area contributed by atoms with Crippen LogP contribution in [-0.4, -0.2) is 22.1 Å². The van der Waals surface area contributed by atoms with Crippen molar-refractivity contribution in [3.05, 3.63) is 84.4 Å². The molecule has 0 aliphatic heterocycles. The zero-order valence-electron chi connectivity index (χ0n) is 14.5. The third-order valence-corrected chi connectivity index (χ3v) is 3.84. The molecule has 0 fully saturated rings. The van der Waals surface area contributed by atoms with E-state index in [1.165, 1.54) is 18.2 Å². The van der Waals surface area contributed by atoms with Gasteiger partial charge in [-0.1, -0.05) is 24.3 Å². The van der Waals surface area contributed by atoms with Gasteiger partial charge in [0.2, 0.25) is 0 Å². The lowest BCUT2D eigenvalue weighted by Crippen LogP contribution is -2.33. The summed E-state index contributed by atoms with van der Waals surface area (Å²) in [6, 6.07) is 17.0. The number of carbonyl (C=O) groups is 2. The van der Waals surface area contributed by atoms with Crippen LogP contribution in [0.25, 0.3) is 5.69 Å². The van der Waals surface area contributed by atoms with E-state index in [4.69, 9.17) is 0 Å². The molecule has 0 atom stereocenters. The summed E-state index contributed by atoms with van der Waals surface area (Å²) in [6.45, 7) is 1.71. The molecule has 3 rings (SSSR count). The van der Waals surface area contributed by atoms with Gasteiger partial charge in [0.05, 0.1) is 11.4 Å². The van der Waals surface area contributed by atoms with Gasteiger partial charge in [0.1, 0.15) is 5.82 Å². The topological polar surface area (TPSA) is 75.5 Å². The normalized spacial score (nSPS) is 11.1. The zero-order valence-corrected chi connectivity index (χ0v) is 14.5. The summed E-state index contributed by atoms with van der Waals surface area (Å²) in [5.41, 5.74) is 4.41. The van der Waals surface area contributed by atoms with Crippen LogP contribution in [0.5, 0.6) is 0 Å². The minimum Gasteiger partial charge on any atom is -0.324 e. The average Bonchev–Trinajstić information content (AvgIpc) is 3.22. The molecule has 136 valence electrons. The van der Waals surface area contributed by atoms with Crippen molar-refractivity contribution < 1.29 is 14.0 Å². The highest BCUT2D eigenvalue weighted by Gasteiger charge is 2.15. The lowest BCUT2D eigenvalue weighted by molar-refractivity contribution is -0.136. The molecule has 0 radical (unpaired) electrons. The Morgan fingerprint density at radius 3 is 2.26 bits per heavy atom. The van der Waals surface area contributed by atoms with E-state index in [1.807, 2.05) is 53.4 Å². The molecule has 7 heteroatoms. The number of amides is 2. The van der Waals surface area contributed by atoms with E-state index < -0.39 is 17.6 Å². The number of rotatable bonds is 4. The molecule has 6 nitrogen and oxygen atoms in total. The smallest absolute Gasteiger partial charge is 0.324 e. The summed E-state index contributed by atoms with van der Waals surface area (Å²) < 4.78 is 15.5. The number of hydrogen-bond acceptors (Lipinski definition) is 3. The summed E-state index contributed by atoms with van der Waals surface area (Å²) in [4.78, 5) is 23.7. The van der Waals surface area contributed by atoms with Crippen molar-refractivity contribution in [1.29, 1.82) is 0 Å². The maximum atomic E-state index is 13.5. The lowest BCUT2D eigenvalue weighted by Gasteiger charge is -2.07. The second kappa shape index (κ2) is 8.09. The molecule has 1 aromatic heterocycles. The van der Waals surface area contributed by atoms with Gasteiger partial charge >= 0.3 is 11.8 Å². The Morgan fingerprint density at radius 1 is 0.926 bits per heavy atom. The van der Waals surface area contributed by atoms with Gasteiger partial charge in [0.25, 0.3) is 0 Å². The van der Waals surface area contributed by atoms with Crippen LogP contribution in [-0.2, 0) is 9.59 Å². The number of hydrogen-bond donors (Lipinski definition) is 2. The largest absolute Gasteiger partial charge is 0.329 e. The van der Waals surface area contributed by atoms with E-state index in [9.17, 15) is 14.0 Å². The van der Waals surface area contributed by atoms with Crippen LogP contribution in [0.3, 0.4) is 0 Å². The number of hydrazone groups is 1. The molecule has 0 aliphatic carbocycles. The number of nitrogens with zero attached hydrogens (tertiary/aromatic N) is 2. The molecular formula is C20H17FN4O2. The Labute approximate surface area is 155 Å². The summed E-state index contributed by atoms with van der Waals surface area (Å²) >= 11 is 0. The molecule has 2 N–H and O–H groups in total. The first-order valence-electron chi connectivity index (χ1n) is 8.18. The fourth-order valence-electron chi connectivity index (χ4n) is 2.37. The Hall–Kier alpha value is -3.74. The lowest BCUT2D eigenvalue weighted by atomic mass is 10.1. The first-order valence-corrected chi connectivity index (χ1v) is 8.18. The molecule has 0 saturated carbocycles. The van der Waals surface area contributed by atoms with Crippen molar-refractivity contribution >= 4 is 23.2 Å². The first-order chi connectivity index (χ1) is 13.0. The molecule has 27 heavy (non-hydrogen) atoms. The van der Waals surface area contributed by atoms with Gasteiger partial charge in [-0.25, -0.2) is 9.82 Å². The third-order valence-electron chi connectivity index (χ3n) is 3.84. The maximum Gasteiger partial charge on any atom is 0.329 e. The van der Waals surface area contributed by atoms with Crippen molar-refractivity contribution in [1.82, 2.24) is 9.99 Å². The van der Waals surface area contributed by atoms with Crippen molar-refractivity contribution in [2.45, 2.75) is 6.92 Å². The van der Waals surface area contributed by atoms with Gasteiger partial charge in [-0.15, -0.1) is 0 Å². The van der Waals surface area contributed by atoms with Crippen LogP contribution in [0, 0.1) is 5.82 Å². The Bertz CT molecular complexity index is 979. The molecule has 0 saturated heterocycles. The van der Waals surface area contributed by atoms with Crippen LogP contribution in [0.4, 0.5) is 10.1 Å². The van der Waals surface area contributed by atoms with E-state index in [-0.39, 0.29) is 5.69 Å². The molecule has 2 aromatic carbocycles. The monoisotopic (exact) mass is 364 g/mol. The fraction of sp³-hybridized carbons (Fsp3) is 0.0500. The number of carbonyl (C=O) groups excluding carboxylic acids is 2. The van der Waals surface area contributed by atoms with Crippen molar-refractivity contribution in [3.8, 4) is 5.69 Å². The van der Waals surface area contributed by atoms with Crippen LogP contribution >= 0.6 is 0 Å². The fourth-order valence-corrected chi connectivity index (χ4v) is 2.37. The third kappa shape index (κ3) is 4.46. The van der Waals surface area contributed by atoms with Gasteiger partial charge in [-0.3, -0.25) is 9.59 Å². The van der Waals surface area contributed by atoms with Crippen LogP contribution in [0.2, 0.25) is 0 Å². The first kappa shape index (κ1) is 18.1. The molecule has 1 heterocycles. The predicted molar refractivity (Wildman–Crippen MR) is 101 cm³/mol. The van der Waals surface area contributed by atoms with Gasteiger partial charge in [0, 0.05) is 18.1 Å². The molecule has 2 amide bonds.